The van der Waals surface area contributed by atoms with Gasteiger partial charge in [-0.2, -0.15) is 0 Å². The first-order valence-electron chi connectivity index (χ1n) is 8.73. The van der Waals surface area contributed by atoms with E-state index in [1.54, 1.807) is 12.1 Å². The lowest BCUT2D eigenvalue weighted by atomic mass is 10.1. The molecule has 0 aliphatic carbocycles. The normalized spacial score (nSPS) is 15.4. The molecule has 1 fully saturated rings. The largest absolute Gasteiger partial charge is 0.481 e. The van der Waals surface area contributed by atoms with E-state index in [1.165, 1.54) is 12.1 Å². The molecule has 0 spiro atoms. The highest BCUT2D eigenvalue weighted by molar-refractivity contribution is 5.78. The third-order valence-electron chi connectivity index (χ3n) is 4.34. The number of hydrogen-bond donors (Lipinski definition) is 1. The molecule has 26 heavy (non-hydrogen) atoms. The Labute approximate surface area is 152 Å². The third-order valence-corrected chi connectivity index (χ3v) is 4.34. The summed E-state index contributed by atoms with van der Waals surface area (Å²) >= 11 is 0. The van der Waals surface area contributed by atoms with Crippen molar-refractivity contribution in [3.05, 3.63) is 59.9 Å². The number of amides is 1. The maximum Gasteiger partial charge on any atom is 0.258 e. The van der Waals surface area contributed by atoms with Crippen molar-refractivity contribution in [2.24, 2.45) is 0 Å². The molecule has 1 N–H and O–H groups in total. The van der Waals surface area contributed by atoms with E-state index < -0.39 is 5.82 Å². The fourth-order valence-corrected chi connectivity index (χ4v) is 2.87. The molecular formula is C20H23FN2O3. The highest BCUT2D eigenvalue weighted by Crippen LogP contribution is 2.20. The minimum atomic E-state index is -0.480. The van der Waals surface area contributed by atoms with Crippen LogP contribution in [-0.2, 0) is 9.53 Å². The molecule has 138 valence electrons. The highest BCUT2D eigenvalue weighted by atomic mass is 19.1. The van der Waals surface area contributed by atoms with Crippen molar-refractivity contribution in [1.29, 1.82) is 0 Å². The van der Waals surface area contributed by atoms with Gasteiger partial charge in [0.15, 0.2) is 18.2 Å². The van der Waals surface area contributed by atoms with Crippen molar-refractivity contribution in [3.8, 4) is 5.75 Å². The summed E-state index contributed by atoms with van der Waals surface area (Å²) in [4.78, 5) is 14.3. The molecule has 1 atom stereocenters. The minimum Gasteiger partial charge on any atom is -0.481 e. The zero-order chi connectivity index (χ0) is 18.4. The smallest absolute Gasteiger partial charge is 0.258 e. The zero-order valence-corrected chi connectivity index (χ0v) is 14.8. The summed E-state index contributed by atoms with van der Waals surface area (Å²) < 4.78 is 24.1. The van der Waals surface area contributed by atoms with Crippen molar-refractivity contribution in [2.75, 3.05) is 37.8 Å². The Kier molecular flexibility index (Phi) is 6.07. The summed E-state index contributed by atoms with van der Waals surface area (Å²) in [6.45, 7) is 4.95. The number of hydrogen-bond acceptors (Lipinski definition) is 4. The summed E-state index contributed by atoms with van der Waals surface area (Å²) in [6.07, 6.45) is 0. The minimum absolute atomic E-state index is 0.0742. The predicted octanol–water partition coefficient (Wildman–Crippen LogP) is 2.92. The molecule has 1 aliphatic heterocycles. The van der Waals surface area contributed by atoms with Crippen LogP contribution in [-0.4, -0.2) is 38.8 Å². The summed E-state index contributed by atoms with van der Waals surface area (Å²) in [5, 5.41) is 2.86. The average Bonchev–Trinajstić information content (AvgIpc) is 2.68. The predicted molar refractivity (Wildman–Crippen MR) is 97.9 cm³/mol. The topological polar surface area (TPSA) is 50.8 Å². The Bertz CT molecular complexity index is 730. The molecule has 1 amide bonds. The molecule has 1 saturated heterocycles. The van der Waals surface area contributed by atoms with Crippen LogP contribution in [0.25, 0.3) is 0 Å². The second-order valence-electron chi connectivity index (χ2n) is 6.20. The average molecular weight is 358 g/mol. The van der Waals surface area contributed by atoms with Gasteiger partial charge in [-0.3, -0.25) is 4.79 Å². The number of carbonyl (C=O) groups is 1. The van der Waals surface area contributed by atoms with Crippen molar-refractivity contribution < 1.29 is 18.7 Å². The summed E-state index contributed by atoms with van der Waals surface area (Å²) in [7, 11) is 0. The molecule has 2 aromatic rings. The van der Waals surface area contributed by atoms with E-state index in [-0.39, 0.29) is 24.3 Å². The van der Waals surface area contributed by atoms with Crippen LogP contribution >= 0.6 is 0 Å². The molecule has 0 aromatic heterocycles. The molecule has 6 heteroatoms. The van der Waals surface area contributed by atoms with E-state index in [9.17, 15) is 9.18 Å². The number of para-hydroxylation sites is 1. The number of carbonyl (C=O) groups excluding carboxylic acids is 1. The fourth-order valence-electron chi connectivity index (χ4n) is 2.87. The molecule has 5 nitrogen and oxygen atoms in total. The molecular weight excluding hydrogens is 335 g/mol. The number of nitrogens with one attached hydrogen (secondary N) is 1. The maximum absolute atomic E-state index is 13.5. The van der Waals surface area contributed by atoms with Gasteiger partial charge in [0.05, 0.1) is 19.3 Å². The van der Waals surface area contributed by atoms with Crippen molar-refractivity contribution >= 4 is 11.6 Å². The van der Waals surface area contributed by atoms with Crippen LogP contribution in [0.5, 0.6) is 5.75 Å². The molecule has 1 aliphatic rings. The number of morpholine rings is 1. The summed E-state index contributed by atoms with van der Waals surface area (Å²) in [6, 6.07) is 14.0. The lowest BCUT2D eigenvalue weighted by Crippen LogP contribution is -2.36. The second-order valence-corrected chi connectivity index (χ2v) is 6.20. The molecule has 0 bridgehead atoms. The standard InChI is InChI=1S/C20H23FN2O3/c1-15(22-20(24)14-26-19-5-3-2-4-18(19)21)16-6-8-17(9-7-16)23-10-12-25-13-11-23/h2-9,15H,10-14H2,1H3,(H,22,24)/t15-/m0/s1. The monoisotopic (exact) mass is 358 g/mol. The highest BCUT2D eigenvalue weighted by Gasteiger charge is 2.14. The number of nitrogens with zero attached hydrogens (tertiary/aromatic N) is 1. The van der Waals surface area contributed by atoms with Gasteiger partial charge >= 0.3 is 0 Å². The summed E-state index contributed by atoms with van der Waals surface area (Å²) in [5.74, 6) is -0.699. The van der Waals surface area contributed by atoms with Crippen molar-refractivity contribution in [1.82, 2.24) is 5.32 Å². The molecule has 1 heterocycles. The van der Waals surface area contributed by atoms with Gasteiger partial charge in [0.25, 0.3) is 5.91 Å². The second kappa shape index (κ2) is 8.67. The van der Waals surface area contributed by atoms with Gasteiger partial charge in [0, 0.05) is 18.8 Å². The first-order chi connectivity index (χ1) is 12.6. The number of benzene rings is 2. The first-order valence-corrected chi connectivity index (χ1v) is 8.73. The van der Waals surface area contributed by atoms with Gasteiger partial charge in [-0.1, -0.05) is 24.3 Å². The van der Waals surface area contributed by atoms with E-state index in [1.807, 2.05) is 19.1 Å². The lowest BCUT2D eigenvalue weighted by molar-refractivity contribution is -0.123. The van der Waals surface area contributed by atoms with E-state index in [0.29, 0.717) is 0 Å². The zero-order valence-electron chi connectivity index (χ0n) is 14.8. The lowest BCUT2D eigenvalue weighted by Gasteiger charge is -2.29. The van der Waals surface area contributed by atoms with E-state index in [0.717, 1.165) is 37.6 Å². The Morgan fingerprint density at radius 2 is 1.88 bits per heavy atom. The van der Waals surface area contributed by atoms with E-state index >= 15 is 0 Å². The number of halogens is 1. The Balaban J connectivity index is 1.51. The van der Waals surface area contributed by atoms with Gasteiger partial charge in [-0.15, -0.1) is 0 Å². The van der Waals surface area contributed by atoms with E-state index in [2.05, 4.69) is 22.3 Å². The Morgan fingerprint density at radius 3 is 2.58 bits per heavy atom. The van der Waals surface area contributed by atoms with Crippen LogP contribution in [0.3, 0.4) is 0 Å². The molecule has 2 aromatic carbocycles. The molecule has 0 saturated carbocycles. The fraction of sp³-hybridized carbons (Fsp3) is 0.350. The van der Waals surface area contributed by atoms with Gasteiger partial charge in [0.2, 0.25) is 0 Å². The maximum atomic E-state index is 13.5. The van der Waals surface area contributed by atoms with Crippen LogP contribution in [0.15, 0.2) is 48.5 Å². The number of ether oxygens (including phenoxy) is 2. The Morgan fingerprint density at radius 1 is 1.19 bits per heavy atom. The first kappa shape index (κ1) is 18.2. The van der Waals surface area contributed by atoms with Crippen LogP contribution in [0.2, 0.25) is 0 Å². The SMILES string of the molecule is C[C@H](NC(=O)COc1ccccc1F)c1ccc(N2CCOCC2)cc1. The summed E-state index contributed by atoms with van der Waals surface area (Å²) in [5.41, 5.74) is 2.15. The third kappa shape index (κ3) is 4.73. The van der Waals surface area contributed by atoms with Gasteiger partial charge < -0.3 is 19.7 Å². The van der Waals surface area contributed by atoms with Crippen LogP contribution in [0.1, 0.15) is 18.5 Å². The van der Waals surface area contributed by atoms with Gasteiger partial charge in [0.1, 0.15) is 0 Å². The number of anilines is 1. The van der Waals surface area contributed by atoms with Crippen molar-refractivity contribution in [2.45, 2.75) is 13.0 Å². The van der Waals surface area contributed by atoms with Crippen LogP contribution in [0.4, 0.5) is 10.1 Å². The molecule has 3 rings (SSSR count). The quantitative estimate of drug-likeness (QED) is 0.863. The van der Waals surface area contributed by atoms with Crippen LogP contribution < -0.4 is 15.0 Å². The van der Waals surface area contributed by atoms with Crippen LogP contribution in [0, 0.1) is 5.82 Å². The van der Waals surface area contributed by atoms with Gasteiger partial charge in [-0.25, -0.2) is 4.39 Å². The Hall–Kier alpha value is -2.60. The van der Waals surface area contributed by atoms with Gasteiger partial charge in [-0.05, 0) is 36.8 Å². The van der Waals surface area contributed by atoms with E-state index in [4.69, 9.17) is 9.47 Å². The number of rotatable bonds is 6. The molecule has 0 unspecified atom stereocenters. The van der Waals surface area contributed by atoms with Crippen molar-refractivity contribution in [3.63, 3.8) is 0 Å². The molecule has 0 radical (unpaired) electrons.